The Balaban J connectivity index is 1.61. The molecule has 3 aromatic carbocycles. The third-order valence-electron chi connectivity index (χ3n) is 5.23. The number of hydrogen-bond donors (Lipinski definition) is 1. The monoisotopic (exact) mass is 458 g/mol. The van der Waals surface area contributed by atoms with Crippen molar-refractivity contribution in [1.82, 2.24) is 14.8 Å². The van der Waals surface area contributed by atoms with Gasteiger partial charge in [0, 0.05) is 22.9 Å². The average molecular weight is 459 g/mol. The fourth-order valence-corrected chi connectivity index (χ4v) is 3.49. The number of carbonyl (C=O) groups excluding carboxylic acids is 1. The Hall–Kier alpha value is -4.33. The second kappa shape index (κ2) is 10.1. The van der Waals surface area contributed by atoms with Crippen LogP contribution in [0, 0.1) is 6.92 Å². The first-order chi connectivity index (χ1) is 16.5. The third-order valence-corrected chi connectivity index (χ3v) is 5.23. The molecule has 1 aromatic heterocycles. The van der Waals surface area contributed by atoms with E-state index in [0.717, 1.165) is 16.8 Å². The minimum atomic E-state index is -0.273. The van der Waals surface area contributed by atoms with Crippen molar-refractivity contribution in [2.45, 2.75) is 13.8 Å². The molecule has 4 rings (SSSR count). The first kappa shape index (κ1) is 22.8. The van der Waals surface area contributed by atoms with Crippen LogP contribution in [0.2, 0.25) is 0 Å². The predicted octanol–water partition coefficient (Wildman–Crippen LogP) is 4.91. The molecule has 8 nitrogen and oxygen atoms in total. The van der Waals surface area contributed by atoms with Crippen LogP contribution in [-0.2, 0) is 0 Å². The maximum absolute atomic E-state index is 12.8. The van der Waals surface area contributed by atoms with E-state index in [2.05, 4.69) is 15.4 Å². The Bertz CT molecular complexity index is 1280. The second-order valence-corrected chi connectivity index (χ2v) is 7.48. The van der Waals surface area contributed by atoms with Crippen LogP contribution < -0.4 is 19.5 Å². The van der Waals surface area contributed by atoms with E-state index in [1.807, 2.05) is 62.4 Å². The van der Waals surface area contributed by atoms with Crippen molar-refractivity contribution >= 4 is 11.6 Å². The molecule has 1 N–H and O–H groups in total. The SMILES string of the molecule is CCOc1nc(-c2ccccc2C)n(-c2ccc(NC(=O)c3cc(OC)cc(OC)c3)cc2)n1. The molecule has 0 saturated heterocycles. The van der Waals surface area contributed by atoms with Crippen molar-refractivity contribution in [2.24, 2.45) is 0 Å². The van der Waals surface area contributed by atoms with Crippen LogP contribution in [0.5, 0.6) is 17.5 Å². The molecule has 34 heavy (non-hydrogen) atoms. The smallest absolute Gasteiger partial charge is 0.336 e. The van der Waals surface area contributed by atoms with Gasteiger partial charge in [-0.05, 0) is 55.8 Å². The van der Waals surface area contributed by atoms with Crippen LogP contribution in [0.4, 0.5) is 5.69 Å². The van der Waals surface area contributed by atoms with E-state index in [0.29, 0.717) is 41.2 Å². The molecule has 0 unspecified atom stereocenters. The number of hydrogen-bond acceptors (Lipinski definition) is 6. The van der Waals surface area contributed by atoms with Gasteiger partial charge in [0.15, 0.2) is 5.82 Å². The van der Waals surface area contributed by atoms with Crippen molar-refractivity contribution in [1.29, 1.82) is 0 Å². The van der Waals surface area contributed by atoms with Gasteiger partial charge in [-0.3, -0.25) is 4.79 Å². The van der Waals surface area contributed by atoms with E-state index in [4.69, 9.17) is 14.2 Å². The molecule has 8 heteroatoms. The van der Waals surface area contributed by atoms with Gasteiger partial charge in [-0.2, -0.15) is 4.98 Å². The second-order valence-electron chi connectivity index (χ2n) is 7.48. The standard InChI is InChI=1S/C26H26N4O4/c1-5-34-26-28-24(23-9-7-6-8-17(23)2)30(29-26)20-12-10-19(11-13-20)27-25(31)18-14-21(32-3)16-22(15-18)33-4/h6-16H,5H2,1-4H3,(H,27,31). The molecular formula is C26H26N4O4. The summed E-state index contributed by atoms with van der Waals surface area (Å²) >= 11 is 0. The minimum absolute atomic E-state index is 0.273. The number of nitrogens with one attached hydrogen (secondary N) is 1. The molecule has 0 aliphatic heterocycles. The summed E-state index contributed by atoms with van der Waals surface area (Å²) in [6, 6.07) is 20.7. The van der Waals surface area contributed by atoms with Crippen molar-refractivity contribution in [3.63, 3.8) is 0 Å². The lowest BCUT2D eigenvalue weighted by Gasteiger charge is -2.11. The Morgan fingerprint density at radius 2 is 1.65 bits per heavy atom. The van der Waals surface area contributed by atoms with Gasteiger partial charge in [0.05, 0.1) is 26.5 Å². The Labute approximate surface area is 198 Å². The van der Waals surface area contributed by atoms with Gasteiger partial charge >= 0.3 is 6.01 Å². The third kappa shape index (κ3) is 4.85. The Morgan fingerprint density at radius 3 is 2.26 bits per heavy atom. The van der Waals surface area contributed by atoms with Crippen LogP contribution in [-0.4, -0.2) is 41.5 Å². The molecule has 0 atom stereocenters. The van der Waals surface area contributed by atoms with Crippen LogP contribution in [0.1, 0.15) is 22.8 Å². The van der Waals surface area contributed by atoms with Crippen molar-refractivity contribution in [3.8, 4) is 34.6 Å². The highest BCUT2D eigenvalue weighted by Crippen LogP contribution is 2.27. The number of aromatic nitrogens is 3. The molecule has 0 aliphatic rings. The zero-order valence-electron chi connectivity index (χ0n) is 19.5. The van der Waals surface area contributed by atoms with Gasteiger partial charge in [-0.15, -0.1) is 5.10 Å². The fourth-order valence-electron chi connectivity index (χ4n) is 3.49. The summed E-state index contributed by atoms with van der Waals surface area (Å²) in [7, 11) is 3.09. The minimum Gasteiger partial charge on any atom is -0.497 e. The molecule has 1 heterocycles. The van der Waals surface area contributed by atoms with Gasteiger partial charge in [-0.1, -0.05) is 24.3 Å². The maximum Gasteiger partial charge on any atom is 0.336 e. The predicted molar refractivity (Wildman–Crippen MR) is 130 cm³/mol. The highest BCUT2D eigenvalue weighted by atomic mass is 16.5. The molecule has 0 aliphatic carbocycles. The van der Waals surface area contributed by atoms with Gasteiger partial charge in [0.2, 0.25) is 0 Å². The molecule has 1 amide bonds. The Kier molecular flexibility index (Phi) is 6.77. The summed E-state index contributed by atoms with van der Waals surface area (Å²) in [6.45, 7) is 4.39. The number of anilines is 1. The normalized spacial score (nSPS) is 10.6. The summed E-state index contributed by atoms with van der Waals surface area (Å²) < 4.78 is 17.8. The lowest BCUT2D eigenvalue weighted by Crippen LogP contribution is -2.12. The van der Waals surface area contributed by atoms with Gasteiger partial charge in [0.1, 0.15) is 11.5 Å². The molecule has 0 saturated carbocycles. The molecule has 0 radical (unpaired) electrons. The fraction of sp³-hybridized carbons (Fsp3) is 0.192. The largest absolute Gasteiger partial charge is 0.497 e. The zero-order valence-corrected chi connectivity index (χ0v) is 19.5. The summed E-state index contributed by atoms with van der Waals surface area (Å²) in [5, 5.41) is 7.43. The van der Waals surface area contributed by atoms with E-state index in [1.54, 1.807) is 37.1 Å². The maximum atomic E-state index is 12.8. The van der Waals surface area contributed by atoms with Crippen LogP contribution in [0.3, 0.4) is 0 Å². The highest BCUT2D eigenvalue weighted by molar-refractivity contribution is 6.04. The van der Waals surface area contributed by atoms with E-state index in [9.17, 15) is 4.79 Å². The first-order valence-electron chi connectivity index (χ1n) is 10.8. The highest BCUT2D eigenvalue weighted by Gasteiger charge is 2.16. The topological polar surface area (TPSA) is 87.5 Å². The summed E-state index contributed by atoms with van der Waals surface area (Å²) in [5.41, 5.74) is 3.90. The molecule has 4 aromatic rings. The number of methoxy groups -OCH3 is 2. The zero-order chi connectivity index (χ0) is 24.1. The lowest BCUT2D eigenvalue weighted by atomic mass is 10.1. The van der Waals surface area contributed by atoms with E-state index in [-0.39, 0.29) is 5.91 Å². The summed E-state index contributed by atoms with van der Waals surface area (Å²) in [5.74, 6) is 1.49. The van der Waals surface area contributed by atoms with E-state index < -0.39 is 0 Å². The van der Waals surface area contributed by atoms with Crippen molar-refractivity contribution in [2.75, 3.05) is 26.1 Å². The van der Waals surface area contributed by atoms with Crippen LogP contribution >= 0.6 is 0 Å². The molecular weight excluding hydrogens is 432 g/mol. The van der Waals surface area contributed by atoms with Gasteiger partial charge in [0.25, 0.3) is 5.91 Å². The van der Waals surface area contributed by atoms with E-state index in [1.165, 1.54) is 0 Å². The molecule has 174 valence electrons. The molecule has 0 spiro atoms. The van der Waals surface area contributed by atoms with Crippen LogP contribution in [0.25, 0.3) is 17.1 Å². The lowest BCUT2D eigenvalue weighted by molar-refractivity contribution is 0.102. The number of amides is 1. The number of ether oxygens (including phenoxy) is 3. The van der Waals surface area contributed by atoms with Gasteiger partial charge < -0.3 is 19.5 Å². The number of carbonyl (C=O) groups is 1. The molecule has 0 fully saturated rings. The quantitative estimate of drug-likeness (QED) is 0.404. The number of rotatable bonds is 8. The van der Waals surface area contributed by atoms with Gasteiger partial charge in [-0.25, -0.2) is 4.68 Å². The first-order valence-corrected chi connectivity index (χ1v) is 10.8. The van der Waals surface area contributed by atoms with Crippen molar-refractivity contribution < 1.29 is 19.0 Å². The number of nitrogens with zero attached hydrogens (tertiary/aromatic N) is 3. The average Bonchev–Trinajstić information content (AvgIpc) is 3.28. The van der Waals surface area contributed by atoms with E-state index >= 15 is 0 Å². The number of aryl methyl sites for hydroxylation is 1. The van der Waals surface area contributed by atoms with Crippen molar-refractivity contribution in [3.05, 3.63) is 77.9 Å². The summed E-state index contributed by atoms with van der Waals surface area (Å²) in [4.78, 5) is 17.4. The molecule has 0 bridgehead atoms. The Morgan fingerprint density at radius 1 is 0.971 bits per heavy atom. The summed E-state index contributed by atoms with van der Waals surface area (Å²) in [6.07, 6.45) is 0. The number of benzene rings is 3. The van der Waals surface area contributed by atoms with Crippen LogP contribution in [0.15, 0.2) is 66.7 Å².